The van der Waals surface area contributed by atoms with E-state index in [4.69, 9.17) is 0 Å². The number of hydrogen-bond donors (Lipinski definition) is 1. The molecule has 0 bridgehead atoms. The Morgan fingerprint density at radius 1 is 1.27 bits per heavy atom. The van der Waals surface area contributed by atoms with E-state index in [9.17, 15) is 0 Å². The van der Waals surface area contributed by atoms with Crippen molar-refractivity contribution >= 4 is 0 Å². The third kappa shape index (κ3) is 1.42. The quantitative estimate of drug-likeness (QED) is 0.608. The van der Waals surface area contributed by atoms with E-state index in [1.807, 2.05) is 0 Å². The molecule has 1 heterocycles. The highest BCUT2D eigenvalue weighted by Crippen LogP contribution is 2.16. The topological polar surface area (TPSA) is 41.6 Å². The van der Waals surface area contributed by atoms with Crippen LogP contribution in [0.2, 0.25) is 0 Å². The average molecular weight is 150 g/mol. The molecule has 0 spiro atoms. The van der Waals surface area contributed by atoms with Crippen LogP contribution in [0.4, 0.5) is 0 Å². The Labute approximate surface area is 66.2 Å². The van der Waals surface area contributed by atoms with Gasteiger partial charge in [-0.05, 0) is 19.3 Å². The predicted molar refractivity (Wildman–Crippen MR) is 42.0 cm³/mol. The molecule has 0 unspecified atom stereocenters. The molecule has 11 heavy (non-hydrogen) atoms. The number of aromatic amines is 1. The summed E-state index contributed by atoms with van der Waals surface area (Å²) in [6.07, 6.45) is 8.34. The molecule has 0 fully saturated rings. The maximum absolute atomic E-state index is 4.00. The predicted octanol–water partition coefficient (Wildman–Crippen LogP) is 1.47. The van der Waals surface area contributed by atoms with Crippen molar-refractivity contribution in [1.82, 2.24) is 15.4 Å². The second-order valence-corrected chi connectivity index (χ2v) is 2.98. The molecule has 0 amide bonds. The number of nitrogens with one attached hydrogen (secondary N) is 1. The molecule has 2 rings (SSSR count). The minimum Gasteiger partial charge on any atom is -0.262 e. The van der Waals surface area contributed by atoms with E-state index in [0.717, 1.165) is 18.5 Å². The lowest BCUT2D eigenvalue weighted by Gasteiger charge is -2.05. The largest absolute Gasteiger partial charge is 0.262 e. The summed E-state index contributed by atoms with van der Waals surface area (Å²) in [5, 5.41) is 10.7. The van der Waals surface area contributed by atoms with Gasteiger partial charge < -0.3 is 0 Å². The lowest BCUT2D eigenvalue weighted by Crippen LogP contribution is -1.96. The second-order valence-electron chi connectivity index (χ2n) is 2.98. The molecule has 0 aliphatic heterocycles. The van der Waals surface area contributed by atoms with Crippen molar-refractivity contribution < 1.29 is 0 Å². The van der Waals surface area contributed by atoms with Gasteiger partial charge in [0.15, 0.2) is 0 Å². The summed E-state index contributed by atoms with van der Waals surface area (Å²) in [5.74, 6) is 0. The Morgan fingerprint density at radius 3 is 3.27 bits per heavy atom. The summed E-state index contributed by atoms with van der Waals surface area (Å²) >= 11 is 0. The van der Waals surface area contributed by atoms with Gasteiger partial charge in [0, 0.05) is 6.42 Å². The molecule has 0 saturated heterocycles. The Bertz CT molecular complexity index is 206. The molecule has 3 heteroatoms. The number of nitrogens with zero attached hydrogens (tertiary/aromatic N) is 2. The van der Waals surface area contributed by atoms with E-state index in [1.165, 1.54) is 25.0 Å². The standard InChI is InChI=1S/C8H12N3/c1-2-4-6-8-7(5-3-1)9-11-10-8/h5H,1-4,6H2,(H,9,10,11). The van der Waals surface area contributed by atoms with Crippen LogP contribution in [0.1, 0.15) is 37.1 Å². The highest BCUT2D eigenvalue weighted by Gasteiger charge is 2.09. The Balaban J connectivity index is 2.18. The third-order valence-corrected chi connectivity index (χ3v) is 2.12. The number of H-pyrrole nitrogens is 1. The molecule has 1 aromatic heterocycles. The first-order valence-electron chi connectivity index (χ1n) is 4.20. The van der Waals surface area contributed by atoms with Crippen LogP contribution in [-0.4, -0.2) is 15.4 Å². The molecule has 1 radical (unpaired) electrons. The molecule has 1 aliphatic carbocycles. The zero-order chi connectivity index (χ0) is 7.52. The first kappa shape index (κ1) is 6.83. The fraction of sp³-hybridized carbons (Fsp3) is 0.625. The van der Waals surface area contributed by atoms with Crippen LogP contribution in [0.25, 0.3) is 0 Å². The van der Waals surface area contributed by atoms with Gasteiger partial charge in [0.2, 0.25) is 0 Å². The highest BCUT2D eigenvalue weighted by molar-refractivity contribution is 5.17. The van der Waals surface area contributed by atoms with Crippen LogP contribution in [0.5, 0.6) is 0 Å². The Hall–Kier alpha value is -0.860. The average Bonchev–Trinajstić information content (AvgIpc) is 2.35. The van der Waals surface area contributed by atoms with E-state index >= 15 is 0 Å². The van der Waals surface area contributed by atoms with Crippen LogP contribution in [0.15, 0.2) is 0 Å². The van der Waals surface area contributed by atoms with Gasteiger partial charge in [0.1, 0.15) is 0 Å². The van der Waals surface area contributed by atoms with E-state index < -0.39 is 0 Å². The van der Waals surface area contributed by atoms with Crippen LogP contribution in [0, 0.1) is 6.42 Å². The Kier molecular flexibility index (Phi) is 1.88. The summed E-state index contributed by atoms with van der Waals surface area (Å²) in [6.45, 7) is 0. The van der Waals surface area contributed by atoms with E-state index in [2.05, 4.69) is 21.8 Å². The van der Waals surface area contributed by atoms with Crippen molar-refractivity contribution in [3.05, 3.63) is 17.8 Å². The van der Waals surface area contributed by atoms with Gasteiger partial charge in [-0.1, -0.05) is 18.1 Å². The van der Waals surface area contributed by atoms with E-state index in [1.54, 1.807) is 0 Å². The molecule has 3 nitrogen and oxygen atoms in total. The smallest absolute Gasteiger partial charge is 0.0894 e. The molecule has 0 saturated carbocycles. The first-order valence-corrected chi connectivity index (χ1v) is 4.20. The van der Waals surface area contributed by atoms with E-state index in [-0.39, 0.29) is 0 Å². The molecule has 1 aliphatic rings. The summed E-state index contributed by atoms with van der Waals surface area (Å²) in [4.78, 5) is 0. The summed E-state index contributed by atoms with van der Waals surface area (Å²) in [7, 11) is 0. The maximum Gasteiger partial charge on any atom is 0.0894 e. The van der Waals surface area contributed by atoms with Gasteiger partial charge in [-0.3, -0.25) is 5.10 Å². The molecule has 1 N–H and O–H groups in total. The fourth-order valence-corrected chi connectivity index (χ4v) is 1.47. The van der Waals surface area contributed by atoms with E-state index in [0.29, 0.717) is 0 Å². The summed E-state index contributed by atoms with van der Waals surface area (Å²) in [5.41, 5.74) is 2.29. The molecular formula is C8H12N3. The minimum atomic E-state index is 1.07. The van der Waals surface area contributed by atoms with Gasteiger partial charge in [-0.25, -0.2) is 0 Å². The van der Waals surface area contributed by atoms with Crippen LogP contribution >= 0.6 is 0 Å². The molecule has 1 aromatic rings. The number of rotatable bonds is 0. The fourth-order valence-electron chi connectivity index (χ4n) is 1.47. The normalized spacial score (nSPS) is 18.5. The molecule has 59 valence electrons. The van der Waals surface area contributed by atoms with Crippen molar-refractivity contribution in [2.75, 3.05) is 0 Å². The van der Waals surface area contributed by atoms with Gasteiger partial charge >= 0.3 is 0 Å². The molecular weight excluding hydrogens is 138 g/mol. The van der Waals surface area contributed by atoms with Crippen LogP contribution in [-0.2, 0) is 6.42 Å². The van der Waals surface area contributed by atoms with Crippen molar-refractivity contribution in [3.8, 4) is 0 Å². The van der Waals surface area contributed by atoms with Gasteiger partial charge in [0.05, 0.1) is 11.4 Å². The van der Waals surface area contributed by atoms with Gasteiger partial charge in [-0.15, -0.1) is 5.10 Å². The lowest BCUT2D eigenvalue weighted by molar-refractivity contribution is 0.652. The zero-order valence-corrected chi connectivity index (χ0v) is 6.51. The van der Waals surface area contributed by atoms with Crippen LogP contribution < -0.4 is 0 Å². The SMILES string of the molecule is [CH]1CCCCCc2[nH]nnc21. The minimum absolute atomic E-state index is 1.07. The number of aryl methyl sites for hydroxylation is 1. The van der Waals surface area contributed by atoms with Crippen molar-refractivity contribution in [3.63, 3.8) is 0 Å². The molecule has 0 atom stereocenters. The number of hydrogen-bond acceptors (Lipinski definition) is 2. The first-order chi connectivity index (χ1) is 5.47. The highest BCUT2D eigenvalue weighted by atomic mass is 15.3. The third-order valence-electron chi connectivity index (χ3n) is 2.12. The maximum atomic E-state index is 4.00. The lowest BCUT2D eigenvalue weighted by atomic mass is 10.0. The number of fused-ring (bicyclic) bond motifs is 1. The van der Waals surface area contributed by atoms with Crippen molar-refractivity contribution in [2.24, 2.45) is 0 Å². The summed E-state index contributed by atoms with van der Waals surface area (Å²) in [6, 6.07) is 0. The number of aromatic nitrogens is 3. The van der Waals surface area contributed by atoms with Crippen molar-refractivity contribution in [2.45, 2.75) is 32.1 Å². The monoisotopic (exact) mass is 150 g/mol. The Morgan fingerprint density at radius 2 is 2.27 bits per heavy atom. The van der Waals surface area contributed by atoms with Gasteiger partial charge in [-0.2, -0.15) is 0 Å². The van der Waals surface area contributed by atoms with Crippen LogP contribution in [0.3, 0.4) is 0 Å². The second kappa shape index (κ2) is 3.03. The molecule has 0 aromatic carbocycles. The van der Waals surface area contributed by atoms with Crippen molar-refractivity contribution in [1.29, 1.82) is 0 Å². The zero-order valence-electron chi connectivity index (χ0n) is 6.51. The van der Waals surface area contributed by atoms with Gasteiger partial charge in [0.25, 0.3) is 0 Å². The summed E-state index contributed by atoms with van der Waals surface area (Å²) < 4.78 is 0.